The van der Waals surface area contributed by atoms with Crippen LogP contribution in [0.4, 0.5) is 0 Å². The monoisotopic (exact) mass is 606 g/mol. The molecule has 0 fully saturated rings. The van der Waals surface area contributed by atoms with Crippen LogP contribution in [0.1, 0.15) is 17.4 Å². The van der Waals surface area contributed by atoms with Crippen LogP contribution in [0.5, 0.6) is 0 Å². The Hall–Kier alpha value is -5.38. The predicted molar refractivity (Wildman–Crippen MR) is 198 cm³/mol. The third kappa shape index (κ3) is 3.70. The lowest BCUT2D eigenvalue weighted by Crippen LogP contribution is -2.00. The van der Waals surface area contributed by atoms with Crippen molar-refractivity contribution in [2.45, 2.75) is 13.3 Å². The molecule has 9 aromatic rings. The molecular weight excluding hydrogens is 577 g/mol. The molecule has 1 aliphatic carbocycles. The standard InChI is InChI=1S/C43H30N2S/c1-27-19-22-41-37(23-27)34-21-20-33-36-25-35-32-17-8-9-18-38(32)44(31-16-10-13-29(24-31)28-11-4-2-5-12-28)39(35)26-40(36)45(42(33)43(34)46-41)30-14-6-3-7-15-30/h2-22,24-27H,23H2,1H3. The Balaban J connectivity index is 1.34. The van der Waals surface area contributed by atoms with Gasteiger partial charge in [-0.1, -0.05) is 104 Å². The van der Waals surface area contributed by atoms with Crippen LogP contribution in [0.2, 0.25) is 0 Å². The zero-order valence-corrected chi connectivity index (χ0v) is 26.3. The molecule has 218 valence electrons. The van der Waals surface area contributed by atoms with Crippen molar-refractivity contribution < 1.29 is 0 Å². The van der Waals surface area contributed by atoms with E-state index in [1.165, 1.54) is 86.6 Å². The summed E-state index contributed by atoms with van der Waals surface area (Å²) in [7, 11) is 0. The van der Waals surface area contributed by atoms with Gasteiger partial charge in [0, 0.05) is 37.8 Å². The quantitative estimate of drug-likeness (QED) is 0.189. The van der Waals surface area contributed by atoms with Crippen LogP contribution in [-0.4, -0.2) is 9.13 Å². The van der Waals surface area contributed by atoms with E-state index in [9.17, 15) is 0 Å². The van der Waals surface area contributed by atoms with Crippen LogP contribution in [0.3, 0.4) is 0 Å². The van der Waals surface area contributed by atoms with Gasteiger partial charge >= 0.3 is 0 Å². The van der Waals surface area contributed by atoms with Gasteiger partial charge < -0.3 is 9.13 Å². The Labute approximate surface area is 271 Å². The van der Waals surface area contributed by atoms with Gasteiger partial charge in [-0.3, -0.25) is 0 Å². The largest absolute Gasteiger partial charge is 0.309 e. The summed E-state index contributed by atoms with van der Waals surface area (Å²) >= 11 is 1.95. The first kappa shape index (κ1) is 25.9. The maximum absolute atomic E-state index is 2.52. The molecule has 3 heteroatoms. The first-order valence-electron chi connectivity index (χ1n) is 16.1. The maximum atomic E-state index is 2.52. The van der Waals surface area contributed by atoms with E-state index in [2.05, 4.69) is 162 Å². The number of para-hydroxylation sites is 2. The van der Waals surface area contributed by atoms with Crippen molar-refractivity contribution in [2.75, 3.05) is 0 Å². The molecule has 6 aromatic carbocycles. The first-order valence-corrected chi connectivity index (χ1v) is 16.9. The van der Waals surface area contributed by atoms with E-state index in [4.69, 9.17) is 0 Å². The molecule has 0 spiro atoms. The summed E-state index contributed by atoms with van der Waals surface area (Å²) in [4.78, 5) is 1.41. The van der Waals surface area contributed by atoms with Gasteiger partial charge in [-0.2, -0.15) is 0 Å². The molecule has 0 radical (unpaired) electrons. The van der Waals surface area contributed by atoms with Gasteiger partial charge in [-0.25, -0.2) is 0 Å². The van der Waals surface area contributed by atoms with Gasteiger partial charge in [0.15, 0.2) is 0 Å². The highest BCUT2D eigenvalue weighted by molar-refractivity contribution is 7.21. The molecule has 1 aliphatic rings. The smallest absolute Gasteiger partial charge is 0.0719 e. The molecular formula is C43H30N2S. The zero-order chi connectivity index (χ0) is 30.4. The van der Waals surface area contributed by atoms with E-state index in [1.54, 1.807) is 0 Å². The van der Waals surface area contributed by atoms with Gasteiger partial charge in [0.25, 0.3) is 0 Å². The summed E-state index contributed by atoms with van der Waals surface area (Å²) < 4.78 is 6.35. The fraction of sp³-hybridized carbons (Fsp3) is 0.0698. The van der Waals surface area contributed by atoms with Gasteiger partial charge in [0.2, 0.25) is 0 Å². The topological polar surface area (TPSA) is 9.86 Å². The van der Waals surface area contributed by atoms with Crippen molar-refractivity contribution in [3.8, 4) is 22.5 Å². The molecule has 10 rings (SSSR count). The van der Waals surface area contributed by atoms with Crippen LogP contribution >= 0.6 is 11.3 Å². The number of benzene rings is 6. The SMILES string of the molecule is CC1C=Cc2sc3c(ccc4c5cc6c7ccccc7n(-c7cccc(-c8ccccc8)c7)c6cc5n(-c5ccccc5)c43)c2C1. The number of thiophene rings is 1. The molecule has 0 amide bonds. The third-order valence-electron chi connectivity index (χ3n) is 9.84. The molecule has 0 N–H and O–H groups in total. The average molecular weight is 607 g/mol. The van der Waals surface area contributed by atoms with Gasteiger partial charge in [-0.05, 0) is 83.0 Å². The van der Waals surface area contributed by atoms with Crippen LogP contribution in [0, 0.1) is 5.92 Å². The molecule has 0 saturated carbocycles. The van der Waals surface area contributed by atoms with Crippen molar-refractivity contribution in [2.24, 2.45) is 5.92 Å². The number of hydrogen-bond acceptors (Lipinski definition) is 1. The Morgan fingerprint density at radius 2 is 1.24 bits per heavy atom. The van der Waals surface area contributed by atoms with Crippen molar-refractivity contribution >= 4 is 71.1 Å². The Morgan fingerprint density at radius 3 is 2.11 bits per heavy atom. The van der Waals surface area contributed by atoms with Crippen molar-refractivity contribution in [3.05, 3.63) is 150 Å². The highest BCUT2D eigenvalue weighted by atomic mass is 32.1. The number of nitrogens with zero attached hydrogens (tertiary/aromatic N) is 2. The van der Waals surface area contributed by atoms with Gasteiger partial charge in [0.05, 0.1) is 26.8 Å². The summed E-state index contributed by atoms with van der Waals surface area (Å²) in [6, 6.07) is 49.0. The minimum Gasteiger partial charge on any atom is -0.309 e. The Bertz CT molecular complexity index is 2670. The zero-order valence-electron chi connectivity index (χ0n) is 25.4. The van der Waals surface area contributed by atoms with E-state index in [-0.39, 0.29) is 0 Å². The second kappa shape index (κ2) is 9.81. The molecule has 1 unspecified atom stereocenters. The highest BCUT2D eigenvalue weighted by Crippen LogP contribution is 2.46. The molecule has 1 atom stereocenters. The normalized spacial score (nSPS) is 14.7. The highest BCUT2D eigenvalue weighted by Gasteiger charge is 2.23. The minimum atomic E-state index is 0.565. The summed E-state index contributed by atoms with van der Waals surface area (Å²) in [5.74, 6) is 0.565. The second-order valence-electron chi connectivity index (χ2n) is 12.7. The third-order valence-corrected chi connectivity index (χ3v) is 11.1. The molecule has 2 nitrogen and oxygen atoms in total. The lowest BCUT2D eigenvalue weighted by molar-refractivity contribution is 0.724. The average Bonchev–Trinajstić information content (AvgIpc) is 3.75. The van der Waals surface area contributed by atoms with Crippen molar-refractivity contribution in [3.63, 3.8) is 0 Å². The predicted octanol–water partition coefficient (Wildman–Crippen LogP) is 12.0. The molecule has 0 aliphatic heterocycles. The Kier molecular flexibility index (Phi) is 5.52. The van der Waals surface area contributed by atoms with E-state index >= 15 is 0 Å². The lowest BCUT2D eigenvalue weighted by Gasteiger charge is -2.12. The van der Waals surface area contributed by atoms with Gasteiger partial charge in [0.1, 0.15) is 0 Å². The fourth-order valence-corrected chi connectivity index (χ4v) is 9.03. The van der Waals surface area contributed by atoms with Crippen molar-refractivity contribution in [1.29, 1.82) is 0 Å². The number of allylic oxidation sites excluding steroid dienone is 1. The van der Waals surface area contributed by atoms with E-state index in [0.717, 1.165) is 6.42 Å². The van der Waals surface area contributed by atoms with Crippen LogP contribution in [-0.2, 0) is 6.42 Å². The number of fused-ring (bicyclic) bond motifs is 10. The Morgan fingerprint density at radius 1 is 0.543 bits per heavy atom. The van der Waals surface area contributed by atoms with Crippen molar-refractivity contribution in [1.82, 2.24) is 9.13 Å². The lowest BCUT2D eigenvalue weighted by atomic mass is 9.93. The van der Waals surface area contributed by atoms with E-state index < -0.39 is 0 Å². The molecule has 0 bridgehead atoms. The number of rotatable bonds is 3. The molecule has 3 heterocycles. The summed E-state index contributed by atoms with van der Waals surface area (Å²) in [6.07, 6.45) is 5.82. The summed E-state index contributed by atoms with van der Waals surface area (Å²) in [5.41, 5.74) is 11.3. The number of aromatic nitrogens is 2. The second-order valence-corrected chi connectivity index (χ2v) is 13.7. The maximum Gasteiger partial charge on any atom is 0.0719 e. The van der Waals surface area contributed by atoms with Crippen LogP contribution in [0.15, 0.2) is 140 Å². The minimum absolute atomic E-state index is 0.565. The molecule has 46 heavy (non-hydrogen) atoms. The summed E-state index contributed by atoms with van der Waals surface area (Å²) in [5, 5.41) is 6.57. The molecule has 0 saturated heterocycles. The first-order chi connectivity index (χ1) is 22.7. The molecule has 3 aromatic heterocycles. The van der Waals surface area contributed by atoms with E-state index in [0.29, 0.717) is 5.92 Å². The number of hydrogen-bond donors (Lipinski definition) is 0. The fourth-order valence-electron chi connectivity index (χ4n) is 7.75. The van der Waals surface area contributed by atoms with Gasteiger partial charge in [-0.15, -0.1) is 11.3 Å². The van der Waals surface area contributed by atoms with E-state index in [1.807, 2.05) is 11.3 Å². The van der Waals surface area contributed by atoms with Crippen LogP contribution in [0.25, 0.3) is 82.3 Å². The summed E-state index contributed by atoms with van der Waals surface area (Å²) in [6.45, 7) is 2.32. The van der Waals surface area contributed by atoms with Crippen LogP contribution < -0.4 is 0 Å².